The van der Waals surface area contributed by atoms with Crippen LogP contribution in [0.2, 0.25) is 0 Å². The smallest absolute Gasteiger partial charge is 0.0558 e. The first-order valence-corrected chi connectivity index (χ1v) is 6.95. The van der Waals surface area contributed by atoms with Crippen molar-refractivity contribution in [2.24, 2.45) is 0 Å². The van der Waals surface area contributed by atoms with Gasteiger partial charge in [0.15, 0.2) is 0 Å². The predicted octanol–water partition coefficient (Wildman–Crippen LogP) is 1.45. The molecule has 0 radical (unpaired) electrons. The van der Waals surface area contributed by atoms with E-state index in [1.165, 1.54) is 12.0 Å². The molecular weight excluding hydrogens is 224 g/mol. The molecule has 3 heteroatoms. The number of piperidine rings is 1. The summed E-state index contributed by atoms with van der Waals surface area (Å²) in [5.41, 5.74) is 1.42. The minimum Gasteiger partial charge on any atom is -0.395 e. The third-order valence-corrected chi connectivity index (χ3v) is 3.71. The first kappa shape index (κ1) is 13.5. The van der Waals surface area contributed by atoms with Gasteiger partial charge in [0, 0.05) is 25.7 Å². The molecule has 0 aromatic heterocycles. The van der Waals surface area contributed by atoms with Gasteiger partial charge in [-0.25, -0.2) is 0 Å². The second-order valence-electron chi connectivity index (χ2n) is 5.08. The maximum Gasteiger partial charge on any atom is 0.0558 e. The second-order valence-corrected chi connectivity index (χ2v) is 5.08. The minimum atomic E-state index is 0.250. The lowest BCUT2D eigenvalue weighted by molar-refractivity contribution is 0.139. The lowest BCUT2D eigenvalue weighted by Crippen LogP contribution is -2.49. The number of hydrogen-bond acceptors (Lipinski definition) is 3. The molecule has 2 rings (SSSR count). The molecule has 2 unspecified atom stereocenters. The molecule has 0 saturated carbocycles. The van der Waals surface area contributed by atoms with Gasteiger partial charge in [0.25, 0.3) is 0 Å². The fourth-order valence-electron chi connectivity index (χ4n) is 2.92. The monoisotopic (exact) mass is 248 g/mol. The summed E-state index contributed by atoms with van der Waals surface area (Å²) in [6.07, 6.45) is 1.19. The normalized spacial score (nSPS) is 25.2. The zero-order valence-electron chi connectivity index (χ0n) is 11.2. The van der Waals surface area contributed by atoms with E-state index in [4.69, 9.17) is 5.11 Å². The Bertz CT molecular complexity index is 328. The first-order valence-electron chi connectivity index (χ1n) is 6.95. The zero-order chi connectivity index (χ0) is 12.8. The van der Waals surface area contributed by atoms with E-state index in [2.05, 4.69) is 47.5 Å². The van der Waals surface area contributed by atoms with Gasteiger partial charge in [0.1, 0.15) is 0 Å². The van der Waals surface area contributed by atoms with Crippen molar-refractivity contribution in [1.29, 1.82) is 0 Å². The van der Waals surface area contributed by atoms with Gasteiger partial charge in [0.2, 0.25) is 0 Å². The maximum absolute atomic E-state index is 9.13. The van der Waals surface area contributed by atoms with E-state index < -0.39 is 0 Å². The Hall–Kier alpha value is -0.900. The number of rotatable bonds is 5. The summed E-state index contributed by atoms with van der Waals surface area (Å²) in [6.45, 7) is 6.32. The van der Waals surface area contributed by atoms with Gasteiger partial charge in [-0.3, -0.25) is 4.90 Å². The lowest BCUT2D eigenvalue weighted by Gasteiger charge is -2.38. The number of nitrogens with zero attached hydrogens (tertiary/aromatic N) is 1. The fraction of sp³-hybridized carbons (Fsp3) is 0.600. The van der Waals surface area contributed by atoms with E-state index >= 15 is 0 Å². The highest BCUT2D eigenvalue weighted by Crippen LogP contribution is 2.26. The van der Waals surface area contributed by atoms with E-state index in [0.29, 0.717) is 12.0 Å². The molecule has 18 heavy (non-hydrogen) atoms. The van der Waals surface area contributed by atoms with Crippen molar-refractivity contribution >= 4 is 0 Å². The average molecular weight is 248 g/mol. The number of aliphatic hydroxyl groups is 1. The third-order valence-electron chi connectivity index (χ3n) is 3.71. The molecule has 0 spiro atoms. The van der Waals surface area contributed by atoms with Gasteiger partial charge in [-0.05, 0) is 24.4 Å². The number of aliphatic hydroxyl groups excluding tert-OH is 1. The molecule has 0 bridgehead atoms. The van der Waals surface area contributed by atoms with Crippen molar-refractivity contribution in [3.63, 3.8) is 0 Å². The van der Waals surface area contributed by atoms with Gasteiger partial charge in [-0.2, -0.15) is 0 Å². The number of β-amino-alcohol motifs (C(OH)–C–C–N with tert-alkyl or cyclic N) is 1. The van der Waals surface area contributed by atoms with Crippen molar-refractivity contribution in [2.45, 2.75) is 25.3 Å². The highest BCUT2D eigenvalue weighted by molar-refractivity contribution is 5.21. The van der Waals surface area contributed by atoms with E-state index in [9.17, 15) is 0 Å². The molecule has 1 saturated heterocycles. The second kappa shape index (κ2) is 6.88. The van der Waals surface area contributed by atoms with E-state index in [0.717, 1.165) is 26.2 Å². The largest absolute Gasteiger partial charge is 0.395 e. The Labute approximate surface area is 110 Å². The number of likely N-dealkylation sites (N-methyl/N-ethyl adjacent to an activating group) is 1. The van der Waals surface area contributed by atoms with Gasteiger partial charge in [-0.15, -0.1) is 0 Å². The van der Waals surface area contributed by atoms with Crippen LogP contribution in [0.1, 0.15) is 24.8 Å². The summed E-state index contributed by atoms with van der Waals surface area (Å²) in [7, 11) is 0. The van der Waals surface area contributed by atoms with Crippen molar-refractivity contribution < 1.29 is 5.11 Å². The summed E-state index contributed by atoms with van der Waals surface area (Å²) in [5.74, 6) is 0.579. The van der Waals surface area contributed by atoms with Crippen molar-refractivity contribution in [3.05, 3.63) is 35.9 Å². The predicted molar refractivity (Wildman–Crippen MR) is 74.8 cm³/mol. The van der Waals surface area contributed by atoms with Gasteiger partial charge < -0.3 is 10.4 Å². The molecule has 1 aliphatic heterocycles. The average Bonchev–Trinajstić information content (AvgIpc) is 2.40. The van der Waals surface area contributed by atoms with Crippen LogP contribution in [0.5, 0.6) is 0 Å². The molecule has 2 atom stereocenters. The molecule has 1 aromatic rings. The minimum absolute atomic E-state index is 0.250. The topological polar surface area (TPSA) is 35.5 Å². The zero-order valence-corrected chi connectivity index (χ0v) is 11.2. The van der Waals surface area contributed by atoms with E-state index in [1.54, 1.807) is 0 Å². The lowest BCUT2D eigenvalue weighted by atomic mass is 9.88. The van der Waals surface area contributed by atoms with Gasteiger partial charge >= 0.3 is 0 Å². The summed E-state index contributed by atoms with van der Waals surface area (Å²) in [5, 5.41) is 12.7. The summed E-state index contributed by atoms with van der Waals surface area (Å²) < 4.78 is 0. The highest BCUT2D eigenvalue weighted by Gasteiger charge is 2.27. The van der Waals surface area contributed by atoms with Crippen molar-refractivity contribution in [3.8, 4) is 0 Å². The molecule has 0 amide bonds. The quantitative estimate of drug-likeness (QED) is 0.828. The van der Waals surface area contributed by atoms with Crippen LogP contribution in [0.4, 0.5) is 0 Å². The standard InChI is InChI=1S/C15H24N2O/c1-2-16-15-10-14(11-17(12-15)8-9-18)13-6-4-3-5-7-13/h3-7,14-16,18H,2,8-12H2,1H3. The molecule has 3 nitrogen and oxygen atoms in total. The Morgan fingerprint density at radius 3 is 2.72 bits per heavy atom. The van der Waals surface area contributed by atoms with Crippen LogP contribution in [0.3, 0.4) is 0 Å². The van der Waals surface area contributed by atoms with Crippen LogP contribution in [-0.4, -0.2) is 48.8 Å². The van der Waals surface area contributed by atoms with Gasteiger partial charge in [-0.1, -0.05) is 37.3 Å². The molecule has 1 aromatic carbocycles. The van der Waals surface area contributed by atoms with Crippen LogP contribution < -0.4 is 5.32 Å². The SMILES string of the molecule is CCNC1CC(c2ccccc2)CN(CCO)C1. The van der Waals surface area contributed by atoms with Crippen molar-refractivity contribution in [1.82, 2.24) is 10.2 Å². The molecule has 2 N–H and O–H groups in total. The van der Waals surface area contributed by atoms with E-state index in [-0.39, 0.29) is 6.61 Å². The maximum atomic E-state index is 9.13. The third kappa shape index (κ3) is 3.55. The number of benzene rings is 1. The van der Waals surface area contributed by atoms with Gasteiger partial charge in [0.05, 0.1) is 6.61 Å². The van der Waals surface area contributed by atoms with Crippen LogP contribution in [0, 0.1) is 0 Å². The Kier molecular flexibility index (Phi) is 5.17. The van der Waals surface area contributed by atoms with Crippen LogP contribution in [-0.2, 0) is 0 Å². The summed E-state index contributed by atoms with van der Waals surface area (Å²) in [6, 6.07) is 11.3. The molecule has 1 fully saturated rings. The van der Waals surface area contributed by atoms with Crippen molar-refractivity contribution in [2.75, 3.05) is 32.8 Å². The fourth-order valence-corrected chi connectivity index (χ4v) is 2.92. The van der Waals surface area contributed by atoms with E-state index in [1.807, 2.05) is 0 Å². The van der Waals surface area contributed by atoms with Crippen LogP contribution in [0.25, 0.3) is 0 Å². The number of hydrogen-bond donors (Lipinski definition) is 2. The Morgan fingerprint density at radius 2 is 2.06 bits per heavy atom. The first-order chi connectivity index (χ1) is 8.83. The summed E-state index contributed by atoms with van der Waals surface area (Å²) >= 11 is 0. The Morgan fingerprint density at radius 1 is 1.28 bits per heavy atom. The molecule has 0 aliphatic carbocycles. The number of nitrogens with one attached hydrogen (secondary N) is 1. The molecule has 1 heterocycles. The molecule has 1 aliphatic rings. The van der Waals surface area contributed by atoms with Crippen LogP contribution in [0.15, 0.2) is 30.3 Å². The highest BCUT2D eigenvalue weighted by atomic mass is 16.3. The Balaban J connectivity index is 2.05. The molecule has 100 valence electrons. The molecular formula is C15H24N2O. The number of likely N-dealkylation sites (tertiary alicyclic amines) is 1. The van der Waals surface area contributed by atoms with Crippen LogP contribution >= 0.6 is 0 Å². The summed E-state index contributed by atoms with van der Waals surface area (Å²) in [4.78, 5) is 2.37.